The highest BCUT2D eigenvalue weighted by atomic mass is 32.2. The van der Waals surface area contributed by atoms with Crippen molar-refractivity contribution in [2.45, 2.75) is 50.0 Å². The SMILES string of the molecule is CC.COC(=O)c1ccc2c(c1)CCC1(CCN(S(=O)c3ccc(OC)cc3)CC1)O2. The van der Waals surface area contributed by atoms with Crippen LogP contribution in [0.4, 0.5) is 0 Å². The van der Waals surface area contributed by atoms with Crippen LogP contribution in [-0.2, 0) is 22.1 Å². The molecule has 0 aliphatic carbocycles. The van der Waals surface area contributed by atoms with Crippen molar-refractivity contribution >= 4 is 17.0 Å². The van der Waals surface area contributed by atoms with Crippen LogP contribution in [0.25, 0.3) is 0 Å². The van der Waals surface area contributed by atoms with E-state index in [1.807, 2.05) is 54.6 Å². The predicted octanol–water partition coefficient (Wildman–Crippen LogP) is 4.39. The number of rotatable bonds is 4. The molecular weight excluding hydrogens is 414 g/mol. The fourth-order valence-corrected chi connectivity index (χ4v) is 5.20. The summed E-state index contributed by atoms with van der Waals surface area (Å²) < 4.78 is 31.3. The van der Waals surface area contributed by atoms with Crippen molar-refractivity contribution in [2.24, 2.45) is 0 Å². The van der Waals surface area contributed by atoms with E-state index in [2.05, 4.69) is 0 Å². The average Bonchev–Trinajstić information content (AvgIpc) is 2.84. The van der Waals surface area contributed by atoms with E-state index in [1.54, 1.807) is 13.2 Å². The number of carbonyl (C=O) groups is 1. The van der Waals surface area contributed by atoms with E-state index in [0.29, 0.717) is 18.7 Å². The summed E-state index contributed by atoms with van der Waals surface area (Å²) in [5, 5.41) is 0. The molecule has 2 aromatic carbocycles. The number of fused-ring (bicyclic) bond motifs is 1. The summed E-state index contributed by atoms with van der Waals surface area (Å²) in [7, 11) is 1.82. The topological polar surface area (TPSA) is 65.1 Å². The number of methoxy groups -OCH3 is 2. The maximum atomic E-state index is 12.9. The van der Waals surface area contributed by atoms with Crippen LogP contribution in [0, 0.1) is 0 Å². The number of piperidine rings is 1. The minimum atomic E-state index is -1.19. The summed E-state index contributed by atoms with van der Waals surface area (Å²) in [6, 6.07) is 12.9. The third-order valence-electron chi connectivity index (χ3n) is 5.79. The van der Waals surface area contributed by atoms with Gasteiger partial charge in [0.05, 0.1) is 24.7 Å². The van der Waals surface area contributed by atoms with Crippen LogP contribution in [0.2, 0.25) is 0 Å². The van der Waals surface area contributed by atoms with Gasteiger partial charge in [-0.05, 0) is 60.9 Å². The second-order valence-electron chi connectivity index (χ2n) is 7.45. The molecule has 0 amide bonds. The van der Waals surface area contributed by atoms with Gasteiger partial charge in [0.15, 0.2) is 0 Å². The molecule has 4 rings (SSSR count). The Morgan fingerprint density at radius 3 is 2.32 bits per heavy atom. The Hall–Kier alpha value is -2.38. The van der Waals surface area contributed by atoms with E-state index >= 15 is 0 Å². The molecule has 1 saturated heterocycles. The predicted molar refractivity (Wildman–Crippen MR) is 121 cm³/mol. The Morgan fingerprint density at radius 2 is 1.71 bits per heavy atom. The molecule has 0 saturated carbocycles. The summed E-state index contributed by atoms with van der Waals surface area (Å²) in [6.07, 6.45) is 3.41. The summed E-state index contributed by atoms with van der Waals surface area (Å²) in [4.78, 5) is 12.5. The number of hydrogen-bond donors (Lipinski definition) is 0. The zero-order valence-electron chi connectivity index (χ0n) is 18.7. The lowest BCUT2D eigenvalue weighted by molar-refractivity contribution is 0.00255. The highest BCUT2D eigenvalue weighted by Crippen LogP contribution is 2.40. The van der Waals surface area contributed by atoms with E-state index in [4.69, 9.17) is 14.2 Å². The van der Waals surface area contributed by atoms with E-state index in [0.717, 1.165) is 47.6 Å². The van der Waals surface area contributed by atoms with Gasteiger partial charge in [-0.1, -0.05) is 13.8 Å². The lowest BCUT2D eigenvalue weighted by atomic mass is 9.83. The van der Waals surface area contributed by atoms with Gasteiger partial charge in [-0.15, -0.1) is 0 Å². The molecule has 0 N–H and O–H groups in total. The average molecular weight is 446 g/mol. The van der Waals surface area contributed by atoms with Crippen molar-refractivity contribution in [3.8, 4) is 11.5 Å². The maximum absolute atomic E-state index is 12.9. The smallest absolute Gasteiger partial charge is 0.337 e. The molecule has 2 aliphatic heterocycles. The maximum Gasteiger partial charge on any atom is 0.337 e. The number of esters is 1. The normalized spacial score (nSPS) is 18.1. The molecular formula is C24H31NO5S. The fraction of sp³-hybridized carbons (Fsp3) is 0.458. The largest absolute Gasteiger partial charge is 0.497 e. The van der Waals surface area contributed by atoms with Gasteiger partial charge in [-0.3, -0.25) is 0 Å². The second-order valence-corrected chi connectivity index (χ2v) is 8.94. The number of hydrogen-bond acceptors (Lipinski definition) is 5. The van der Waals surface area contributed by atoms with Crippen LogP contribution in [0.1, 0.15) is 49.0 Å². The first kappa shape index (κ1) is 23.3. The number of nitrogens with zero attached hydrogens (tertiary/aromatic N) is 1. The third kappa shape index (κ3) is 5.10. The standard InChI is InChI=1S/C22H25NO5S.C2H6/c1-26-18-4-6-19(7-5-18)29(25)23-13-11-22(12-14-23)10-9-16-15-17(21(24)27-2)3-8-20(16)28-22;1-2/h3-8,15H,9-14H2,1-2H3;1-2H3. The lowest BCUT2D eigenvalue weighted by Crippen LogP contribution is -2.50. The van der Waals surface area contributed by atoms with Crippen LogP contribution in [0.3, 0.4) is 0 Å². The lowest BCUT2D eigenvalue weighted by Gasteiger charge is -2.44. The Kier molecular flexibility index (Phi) is 7.73. The van der Waals surface area contributed by atoms with Gasteiger partial charge in [-0.25, -0.2) is 13.3 Å². The monoisotopic (exact) mass is 445 g/mol. The molecule has 2 aromatic rings. The molecule has 31 heavy (non-hydrogen) atoms. The Balaban J connectivity index is 0.00000132. The van der Waals surface area contributed by atoms with Gasteiger partial charge in [0.2, 0.25) is 0 Å². The van der Waals surface area contributed by atoms with Crippen LogP contribution < -0.4 is 9.47 Å². The van der Waals surface area contributed by atoms with E-state index in [9.17, 15) is 9.00 Å². The molecule has 0 aromatic heterocycles. The van der Waals surface area contributed by atoms with Gasteiger partial charge in [-0.2, -0.15) is 0 Å². The molecule has 1 atom stereocenters. The van der Waals surface area contributed by atoms with Crippen LogP contribution in [0.15, 0.2) is 47.4 Å². The summed E-state index contributed by atoms with van der Waals surface area (Å²) in [6.45, 7) is 5.43. The number of carbonyl (C=O) groups excluding carboxylic acids is 1. The minimum absolute atomic E-state index is 0.222. The van der Waals surface area contributed by atoms with Crippen molar-refractivity contribution in [3.63, 3.8) is 0 Å². The first-order valence-corrected chi connectivity index (χ1v) is 11.9. The zero-order chi connectivity index (χ0) is 22.4. The molecule has 2 heterocycles. The summed E-state index contributed by atoms with van der Waals surface area (Å²) in [5.74, 6) is 1.27. The van der Waals surface area contributed by atoms with Crippen LogP contribution in [-0.4, -0.2) is 47.4 Å². The van der Waals surface area contributed by atoms with E-state index < -0.39 is 11.0 Å². The van der Waals surface area contributed by atoms with E-state index in [1.165, 1.54) is 7.11 Å². The van der Waals surface area contributed by atoms with Gasteiger partial charge in [0.1, 0.15) is 28.1 Å². The highest BCUT2D eigenvalue weighted by molar-refractivity contribution is 7.82. The molecule has 1 unspecified atom stereocenters. The zero-order valence-corrected chi connectivity index (χ0v) is 19.5. The first-order valence-electron chi connectivity index (χ1n) is 10.7. The van der Waals surface area contributed by atoms with Crippen molar-refractivity contribution < 1.29 is 23.2 Å². The van der Waals surface area contributed by atoms with Crippen LogP contribution in [0.5, 0.6) is 11.5 Å². The number of ether oxygens (including phenoxy) is 3. The van der Waals surface area contributed by atoms with Gasteiger partial charge < -0.3 is 14.2 Å². The second kappa shape index (κ2) is 10.3. The molecule has 0 radical (unpaired) electrons. The number of benzene rings is 2. The van der Waals surface area contributed by atoms with Crippen LogP contribution >= 0.6 is 0 Å². The van der Waals surface area contributed by atoms with Gasteiger partial charge in [0.25, 0.3) is 0 Å². The molecule has 1 fully saturated rings. The molecule has 0 bridgehead atoms. The number of aryl methyl sites for hydroxylation is 1. The van der Waals surface area contributed by atoms with Gasteiger partial charge in [0, 0.05) is 25.9 Å². The van der Waals surface area contributed by atoms with Crippen molar-refractivity contribution in [2.75, 3.05) is 27.3 Å². The summed E-state index contributed by atoms with van der Waals surface area (Å²) in [5.41, 5.74) is 1.37. The molecule has 6 nitrogen and oxygen atoms in total. The Morgan fingerprint density at radius 1 is 1.03 bits per heavy atom. The minimum Gasteiger partial charge on any atom is -0.497 e. The van der Waals surface area contributed by atoms with Gasteiger partial charge >= 0.3 is 5.97 Å². The molecule has 1 spiro atoms. The highest BCUT2D eigenvalue weighted by Gasteiger charge is 2.40. The molecule has 7 heteroatoms. The van der Waals surface area contributed by atoms with E-state index in [-0.39, 0.29) is 11.6 Å². The third-order valence-corrected chi connectivity index (χ3v) is 7.30. The molecule has 2 aliphatic rings. The van der Waals surface area contributed by atoms with Crippen molar-refractivity contribution in [1.82, 2.24) is 4.31 Å². The molecule has 168 valence electrons. The quantitative estimate of drug-likeness (QED) is 0.653. The first-order chi connectivity index (χ1) is 15.0. The Labute approximate surface area is 187 Å². The fourth-order valence-electron chi connectivity index (χ4n) is 4.02. The van der Waals surface area contributed by atoms with Crippen molar-refractivity contribution in [3.05, 3.63) is 53.6 Å². The van der Waals surface area contributed by atoms with Crippen molar-refractivity contribution in [1.29, 1.82) is 0 Å². The Bertz CT molecular complexity index is 920. The summed E-state index contributed by atoms with van der Waals surface area (Å²) >= 11 is 0.